The van der Waals surface area contributed by atoms with Gasteiger partial charge in [0.2, 0.25) is 16.0 Å². The Bertz CT molecular complexity index is 758. The van der Waals surface area contributed by atoms with Crippen LogP contribution in [0.2, 0.25) is 0 Å². The standard InChI is InChI=1S/C13H18N6O2S/c1-18-9-17-11-8-19(22(2,20)21)10(6-12(11)18)7-16-13-14-4-3-5-15-13/h3-5,9-10H,6-8H2,1-2H3,(H,14,15,16). The Kier molecular flexibility index (Phi) is 3.83. The average Bonchev–Trinajstić information content (AvgIpc) is 2.85. The van der Waals surface area contributed by atoms with Gasteiger partial charge in [-0.1, -0.05) is 0 Å². The van der Waals surface area contributed by atoms with Gasteiger partial charge < -0.3 is 9.88 Å². The molecule has 2 aromatic heterocycles. The molecule has 1 aliphatic rings. The van der Waals surface area contributed by atoms with Crippen LogP contribution in [0.3, 0.4) is 0 Å². The van der Waals surface area contributed by atoms with E-state index in [1.807, 2.05) is 11.6 Å². The summed E-state index contributed by atoms with van der Waals surface area (Å²) in [6, 6.07) is 1.54. The maximum absolute atomic E-state index is 12.1. The predicted molar refractivity (Wildman–Crippen MR) is 81.6 cm³/mol. The highest BCUT2D eigenvalue weighted by Crippen LogP contribution is 2.24. The Balaban J connectivity index is 1.82. The lowest BCUT2D eigenvalue weighted by Gasteiger charge is -2.33. The molecule has 1 atom stereocenters. The van der Waals surface area contributed by atoms with Crippen molar-refractivity contribution in [2.24, 2.45) is 7.05 Å². The van der Waals surface area contributed by atoms with Gasteiger partial charge in [-0.3, -0.25) is 0 Å². The van der Waals surface area contributed by atoms with Crippen LogP contribution in [0.5, 0.6) is 0 Å². The second-order valence-corrected chi connectivity index (χ2v) is 7.30. The number of sulfonamides is 1. The molecule has 2 aromatic rings. The maximum Gasteiger partial charge on any atom is 0.222 e. The summed E-state index contributed by atoms with van der Waals surface area (Å²) in [6.07, 6.45) is 6.85. The van der Waals surface area contributed by atoms with E-state index in [1.165, 1.54) is 10.6 Å². The van der Waals surface area contributed by atoms with Crippen LogP contribution < -0.4 is 5.32 Å². The number of fused-ring (bicyclic) bond motifs is 1. The first-order chi connectivity index (χ1) is 10.4. The molecule has 9 heteroatoms. The zero-order valence-electron chi connectivity index (χ0n) is 12.5. The first-order valence-electron chi connectivity index (χ1n) is 6.92. The molecular weight excluding hydrogens is 304 g/mol. The Labute approximate surface area is 129 Å². The van der Waals surface area contributed by atoms with Crippen molar-refractivity contribution in [3.63, 3.8) is 0 Å². The minimum absolute atomic E-state index is 0.193. The normalized spacial score (nSPS) is 18.9. The lowest BCUT2D eigenvalue weighted by Crippen LogP contribution is -2.47. The summed E-state index contributed by atoms with van der Waals surface area (Å²) < 4.78 is 27.5. The number of imidazole rings is 1. The number of rotatable bonds is 4. The Hall–Kier alpha value is -2.00. The maximum atomic E-state index is 12.1. The molecule has 3 rings (SSSR count). The number of anilines is 1. The lowest BCUT2D eigenvalue weighted by atomic mass is 10.1. The average molecular weight is 322 g/mol. The van der Waals surface area contributed by atoms with E-state index >= 15 is 0 Å². The second kappa shape index (κ2) is 5.65. The van der Waals surface area contributed by atoms with Crippen molar-refractivity contribution < 1.29 is 8.42 Å². The van der Waals surface area contributed by atoms with Crippen molar-refractivity contribution in [1.29, 1.82) is 0 Å². The molecule has 118 valence electrons. The molecule has 0 fully saturated rings. The SMILES string of the molecule is Cn1cnc2c1CC(CNc1ncccn1)N(S(C)(=O)=O)C2. The molecular formula is C13H18N6O2S. The summed E-state index contributed by atoms with van der Waals surface area (Å²) in [7, 11) is -1.39. The molecule has 0 aliphatic carbocycles. The van der Waals surface area contributed by atoms with Gasteiger partial charge in [0.15, 0.2) is 0 Å². The van der Waals surface area contributed by atoms with Gasteiger partial charge in [0.1, 0.15) is 0 Å². The van der Waals surface area contributed by atoms with E-state index in [0.717, 1.165) is 11.4 Å². The fourth-order valence-corrected chi connectivity index (χ4v) is 3.71. The lowest BCUT2D eigenvalue weighted by molar-refractivity contribution is 0.296. The number of hydrogen-bond donors (Lipinski definition) is 1. The molecule has 22 heavy (non-hydrogen) atoms. The van der Waals surface area contributed by atoms with Crippen molar-refractivity contribution >= 4 is 16.0 Å². The van der Waals surface area contributed by atoms with E-state index in [4.69, 9.17) is 0 Å². The van der Waals surface area contributed by atoms with Crippen LogP contribution in [0.1, 0.15) is 11.4 Å². The van der Waals surface area contributed by atoms with Crippen LogP contribution in [0.4, 0.5) is 5.95 Å². The number of nitrogens with one attached hydrogen (secondary N) is 1. The molecule has 1 N–H and O–H groups in total. The van der Waals surface area contributed by atoms with Gasteiger partial charge in [-0.25, -0.2) is 23.4 Å². The third-order valence-corrected chi connectivity index (χ3v) is 5.05. The molecule has 0 aromatic carbocycles. The quantitative estimate of drug-likeness (QED) is 0.852. The van der Waals surface area contributed by atoms with Crippen molar-refractivity contribution in [2.75, 3.05) is 18.1 Å². The third kappa shape index (κ3) is 2.95. The van der Waals surface area contributed by atoms with Crippen molar-refractivity contribution in [3.8, 4) is 0 Å². The van der Waals surface area contributed by atoms with E-state index in [-0.39, 0.29) is 6.04 Å². The first-order valence-corrected chi connectivity index (χ1v) is 8.77. The van der Waals surface area contributed by atoms with Gasteiger partial charge in [0, 0.05) is 44.1 Å². The van der Waals surface area contributed by atoms with Crippen LogP contribution in [-0.2, 0) is 30.0 Å². The second-order valence-electron chi connectivity index (χ2n) is 5.37. The highest BCUT2D eigenvalue weighted by Gasteiger charge is 2.34. The predicted octanol–water partition coefficient (Wildman–Crippen LogP) is 0.00850. The van der Waals surface area contributed by atoms with Gasteiger partial charge in [0.05, 0.1) is 24.8 Å². The van der Waals surface area contributed by atoms with Crippen molar-refractivity contribution in [3.05, 3.63) is 36.2 Å². The Morgan fingerprint density at radius 1 is 1.32 bits per heavy atom. The largest absolute Gasteiger partial charge is 0.353 e. The summed E-state index contributed by atoms with van der Waals surface area (Å²) in [5, 5.41) is 3.10. The summed E-state index contributed by atoms with van der Waals surface area (Å²) in [5.74, 6) is 0.492. The van der Waals surface area contributed by atoms with Crippen LogP contribution in [0.25, 0.3) is 0 Å². The smallest absolute Gasteiger partial charge is 0.222 e. The van der Waals surface area contributed by atoms with E-state index in [2.05, 4.69) is 20.3 Å². The molecule has 1 unspecified atom stereocenters. The topological polar surface area (TPSA) is 93.0 Å². The zero-order chi connectivity index (χ0) is 15.7. The monoisotopic (exact) mass is 322 g/mol. The van der Waals surface area contributed by atoms with Crippen LogP contribution in [0.15, 0.2) is 24.8 Å². The number of nitrogens with zero attached hydrogens (tertiary/aromatic N) is 5. The zero-order valence-corrected chi connectivity index (χ0v) is 13.3. The summed E-state index contributed by atoms with van der Waals surface area (Å²) in [6.45, 7) is 0.749. The molecule has 0 saturated heterocycles. The highest BCUT2D eigenvalue weighted by molar-refractivity contribution is 7.88. The van der Waals surface area contributed by atoms with Gasteiger partial charge in [-0.15, -0.1) is 0 Å². The van der Waals surface area contributed by atoms with E-state index in [9.17, 15) is 8.42 Å². The molecule has 0 saturated carbocycles. The van der Waals surface area contributed by atoms with Crippen molar-refractivity contribution in [2.45, 2.75) is 19.0 Å². The van der Waals surface area contributed by atoms with Crippen LogP contribution in [0, 0.1) is 0 Å². The fourth-order valence-electron chi connectivity index (χ4n) is 2.66. The number of hydrogen-bond acceptors (Lipinski definition) is 6. The van der Waals surface area contributed by atoms with Crippen LogP contribution >= 0.6 is 0 Å². The molecule has 8 nitrogen and oxygen atoms in total. The Morgan fingerprint density at radius 3 is 2.73 bits per heavy atom. The molecule has 0 radical (unpaired) electrons. The summed E-state index contributed by atoms with van der Waals surface area (Å²) >= 11 is 0. The molecule has 0 spiro atoms. The highest BCUT2D eigenvalue weighted by atomic mass is 32.2. The van der Waals surface area contributed by atoms with E-state index < -0.39 is 10.0 Å². The van der Waals surface area contributed by atoms with E-state index in [1.54, 1.807) is 24.8 Å². The van der Waals surface area contributed by atoms with Gasteiger partial charge in [-0.2, -0.15) is 4.31 Å². The van der Waals surface area contributed by atoms with Gasteiger partial charge in [0.25, 0.3) is 0 Å². The molecule has 1 aliphatic heterocycles. The number of aromatic nitrogens is 4. The molecule has 0 bridgehead atoms. The van der Waals surface area contributed by atoms with Crippen LogP contribution in [-0.4, -0.2) is 51.1 Å². The number of aryl methyl sites for hydroxylation is 1. The summed E-state index contributed by atoms with van der Waals surface area (Å²) in [5.41, 5.74) is 1.89. The van der Waals surface area contributed by atoms with Gasteiger partial charge >= 0.3 is 0 Å². The first kappa shape index (κ1) is 14.9. The van der Waals surface area contributed by atoms with Gasteiger partial charge in [-0.05, 0) is 6.07 Å². The van der Waals surface area contributed by atoms with E-state index in [0.29, 0.717) is 25.5 Å². The minimum atomic E-state index is -3.31. The summed E-state index contributed by atoms with van der Waals surface area (Å²) in [4.78, 5) is 12.5. The minimum Gasteiger partial charge on any atom is -0.353 e. The van der Waals surface area contributed by atoms with Crippen molar-refractivity contribution in [1.82, 2.24) is 23.8 Å². The molecule has 0 amide bonds. The Morgan fingerprint density at radius 2 is 2.05 bits per heavy atom. The third-order valence-electron chi connectivity index (χ3n) is 3.78. The fraction of sp³-hybridized carbons (Fsp3) is 0.462. The molecule has 3 heterocycles.